The lowest BCUT2D eigenvalue weighted by molar-refractivity contribution is 0.715. The molecule has 1 aromatic carbocycles. The maximum Gasteiger partial charge on any atom is 0.163 e. The molecule has 0 bridgehead atoms. The SMILES string of the molecule is Cc1ccc(C23CC2CN(c2cc(Br)cnc2C#N)C3)cc1. The normalized spacial score (nSPS) is 25.7. The van der Waals surface area contributed by atoms with Gasteiger partial charge in [0.15, 0.2) is 5.69 Å². The van der Waals surface area contributed by atoms with Crippen molar-refractivity contribution in [3.8, 4) is 6.07 Å². The van der Waals surface area contributed by atoms with Gasteiger partial charge in [-0.05, 0) is 46.8 Å². The topological polar surface area (TPSA) is 39.9 Å². The summed E-state index contributed by atoms with van der Waals surface area (Å²) in [6, 6.07) is 13.2. The summed E-state index contributed by atoms with van der Waals surface area (Å²) in [6.45, 7) is 4.12. The molecule has 1 aromatic heterocycles. The van der Waals surface area contributed by atoms with Crippen LogP contribution in [0.2, 0.25) is 0 Å². The van der Waals surface area contributed by atoms with Crippen LogP contribution in [0.15, 0.2) is 41.0 Å². The average Bonchev–Trinajstić information content (AvgIpc) is 3.09. The van der Waals surface area contributed by atoms with Gasteiger partial charge in [0.25, 0.3) is 0 Å². The molecule has 2 atom stereocenters. The minimum Gasteiger partial charge on any atom is -0.368 e. The van der Waals surface area contributed by atoms with Crippen molar-refractivity contribution < 1.29 is 0 Å². The highest BCUT2D eigenvalue weighted by Crippen LogP contribution is 2.59. The van der Waals surface area contributed by atoms with Gasteiger partial charge in [0.1, 0.15) is 6.07 Å². The maximum absolute atomic E-state index is 9.30. The highest BCUT2D eigenvalue weighted by Gasteiger charge is 2.60. The predicted molar refractivity (Wildman–Crippen MR) is 89.8 cm³/mol. The Morgan fingerprint density at radius 3 is 2.86 bits per heavy atom. The Labute approximate surface area is 138 Å². The second-order valence-corrected chi connectivity index (χ2v) is 7.35. The second kappa shape index (κ2) is 4.82. The molecule has 2 heterocycles. The van der Waals surface area contributed by atoms with E-state index in [9.17, 15) is 5.26 Å². The van der Waals surface area contributed by atoms with E-state index < -0.39 is 0 Å². The minimum absolute atomic E-state index is 0.280. The number of hydrogen-bond donors (Lipinski definition) is 0. The van der Waals surface area contributed by atoms with E-state index in [1.807, 2.05) is 6.07 Å². The van der Waals surface area contributed by atoms with E-state index in [1.54, 1.807) is 6.20 Å². The number of nitrogens with zero attached hydrogens (tertiary/aromatic N) is 3. The van der Waals surface area contributed by atoms with E-state index in [4.69, 9.17) is 0 Å². The van der Waals surface area contributed by atoms with Crippen molar-refractivity contribution in [2.45, 2.75) is 18.8 Å². The molecule has 1 saturated carbocycles. The number of rotatable bonds is 2. The molecule has 4 rings (SSSR count). The maximum atomic E-state index is 9.30. The van der Waals surface area contributed by atoms with Crippen LogP contribution in [0.3, 0.4) is 0 Å². The predicted octanol–water partition coefficient (Wildman–Crippen LogP) is 3.80. The van der Waals surface area contributed by atoms with Crippen molar-refractivity contribution in [2.24, 2.45) is 5.92 Å². The van der Waals surface area contributed by atoms with Crippen molar-refractivity contribution in [1.29, 1.82) is 5.26 Å². The molecule has 1 saturated heterocycles. The molecule has 4 heteroatoms. The lowest BCUT2D eigenvalue weighted by atomic mass is 9.94. The highest BCUT2D eigenvalue weighted by molar-refractivity contribution is 9.10. The van der Waals surface area contributed by atoms with Crippen LogP contribution in [0.25, 0.3) is 0 Å². The van der Waals surface area contributed by atoms with Crippen molar-refractivity contribution >= 4 is 21.6 Å². The summed E-state index contributed by atoms with van der Waals surface area (Å²) in [4.78, 5) is 6.56. The van der Waals surface area contributed by atoms with E-state index >= 15 is 0 Å². The molecule has 22 heavy (non-hydrogen) atoms. The Balaban J connectivity index is 1.66. The van der Waals surface area contributed by atoms with E-state index in [0.717, 1.165) is 23.2 Å². The third kappa shape index (κ3) is 2.04. The molecule has 1 aliphatic carbocycles. The molecule has 0 spiro atoms. The number of pyridine rings is 1. The Bertz CT molecular complexity index is 778. The van der Waals surface area contributed by atoms with E-state index in [-0.39, 0.29) is 5.41 Å². The van der Waals surface area contributed by atoms with Gasteiger partial charge >= 0.3 is 0 Å². The number of hydrogen-bond acceptors (Lipinski definition) is 3. The van der Waals surface area contributed by atoms with Gasteiger partial charge in [0.05, 0.1) is 5.69 Å². The zero-order valence-electron chi connectivity index (χ0n) is 12.4. The number of piperidine rings is 1. The standard InChI is InChI=1S/C18H16BrN3/c1-12-2-4-13(5-3-12)18-7-14(18)10-22(11-18)17-6-15(19)9-21-16(17)8-20/h2-6,9,14H,7,10-11H2,1H3. The number of fused-ring (bicyclic) bond motifs is 1. The Morgan fingerprint density at radius 2 is 2.14 bits per heavy atom. The summed E-state index contributed by atoms with van der Waals surface area (Å²) in [6.07, 6.45) is 2.95. The lowest BCUT2D eigenvalue weighted by Crippen LogP contribution is -2.27. The van der Waals surface area contributed by atoms with Gasteiger partial charge < -0.3 is 4.90 Å². The lowest BCUT2D eigenvalue weighted by Gasteiger charge is -2.24. The first-order valence-corrected chi connectivity index (χ1v) is 8.29. The number of aromatic nitrogens is 1. The van der Waals surface area contributed by atoms with Crippen LogP contribution >= 0.6 is 15.9 Å². The summed E-state index contributed by atoms with van der Waals surface area (Å²) in [5.74, 6) is 0.695. The van der Waals surface area contributed by atoms with Gasteiger partial charge in [0, 0.05) is 29.2 Å². The fourth-order valence-electron chi connectivity index (χ4n) is 3.75. The first-order valence-electron chi connectivity index (χ1n) is 7.50. The molecule has 0 amide bonds. The van der Waals surface area contributed by atoms with Gasteiger partial charge in [-0.3, -0.25) is 0 Å². The van der Waals surface area contributed by atoms with Crippen LogP contribution in [0.1, 0.15) is 23.2 Å². The molecule has 2 aromatic rings. The Kier molecular flexibility index (Phi) is 3.02. The van der Waals surface area contributed by atoms with Crippen molar-refractivity contribution in [3.63, 3.8) is 0 Å². The minimum atomic E-state index is 0.280. The summed E-state index contributed by atoms with van der Waals surface area (Å²) < 4.78 is 0.923. The van der Waals surface area contributed by atoms with Crippen LogP contribution in [-0.2, 0) is 5.41 Å². The smallest absolute Gasteiger partial charge is 0.163 e. The number of nitriles is 1. The van der Waals surface area contributed by atoms with Gasteiger partial charge in [-0.15, -0.1) is 0 Å². The molecule has 0 radical (unpaired) electrons. The third-order valence-corrected chi connectivity index (χ3v) is 5.49. The summed E-state index contributed by atoms with van der Waals surface area (Å²) in [7, 11) is 0. The van der Waals surface area contributed by atoms with Crippen LogP contribution in [0.5, 0.6) is 0 Å². The Morgan fingerprint density at radius 1 is 1.36 bits per heavy atom. The molecular weight excluding hydrogens is 338 g/mol. The van der Waals surface area contributed by atoms with Crippen molar-refractivity contribution in [2.75, 3.05) is 18.0 Å². The second-order valence-electron chi connectivity index (χ2n) is 6.44. The number of benzene rings is 1. The number of halogens is 1. The van der Waals surface area contributed by atoms with Crippen LogP contribution in [-0.4, -0.2) is 18.1 Å². The molecular formula is C18H16BrN3. The molecule has 2 unspecified atom stereocenters. The zero-order valence-corrected chi connectivity index (χ0v) is 14.0. The first-order chi connectivity index (χ1) is 10.6. The van der Waals surface area contributed by atoms with Crippen molar-refractivity contribution in [1.82, 2.24) is 4.98 Å². The summed E-state index contributed by atoms with van der Waals surface area (Å²) in [5.41, 5.74) is 4.49. The fraction of sp³-hybridized carbons (Fsp3) is 0.333. The number of anilines is 1. The Hall–Kier alpha value is -1.86. The van der Waals surface area contributed by atoms with Crippen LogP contribution in [0.4, 0.5) is 5.69 Å². The molecule has 110 valence electrons. The van der Waals surface area contributed by atoms with Crippen LogP contribution in [0, 0.1) is 24.2 Å². The molecule has 2 fully saturated rings. The molecule has 2 aliphatic rings. The summed E-state index contributed by atoms with van der Waals surface area (Å²) in [5, 5.41) is 9.30. The van der Waals surface area contributed by atoms with Gasteiger partial charge in [0.2, 0.25) is 0 Å². The quantitative estimate of drug-likeness (QED) is 0.824. The van der Waals surface area contributed by atoms with E-state index in [0.29, 0.717) is 11.6 Å². The summed E-state index contributed by atoms with van der Waals surface area (Å²) >= 11 is 3.47. The highest BCUT2D eigenvalue weighted by atomic mass is 79.9. The first kappa shape index (κ1) is 13.8. The van der Waals surface area contributed by atoms with E-state index in [2.05, 4.69) is 63.1 Å². The van der Waals surface area contributed by atoms with Gasteiger partial charge in [-0.1, -0.05) is 29.8 Å². The largest absolute Gasteiger partial charge is 0.368 e. The molecule has 3 nitrogen and oxygen atoms in total. The molecule has 1 aliphatic heterocycles. The number of aryl methyl sites for hydroxylation is 1. The van der Waals surface area contributed by atoms with Crippen LogP contribution < -0.4 is 4.90 Å². The van der Waals surface area contributed by atoms with Gasteiger partial charge in [-0.2, -0.15) is 5.26 Å². The van der Waals surface area contributed by atoms with Gasteiger partial charge in [-0.25, -0.2) is 4.98 Å². The fourth-order valence-corrected chi connectivity index (χ4v) is 4.07. The monoisotopic (exact) mass is 353 g/mol. The average molecular weight is 354 g/mol. The van der Waals surface area contributed by atoms with Crippen molar-refractivity contribution in [3.05, 3.63) is 57.8 Å². The third-order valence-electron chi connectivity index (χ3n) is 5.05. The zero-order chi connectivity index (χ0) is 15.3. The molecule has 0 N–H and O–H groups in total. The van der Waals surface area contributed by atoms with E-state index in [1.165, 1.54) is 17.5 Å².